The highest BCUT2D eigenvalue weighted by atomic mass is 35.5. The number of benzene rings is 1. The van der Waals surface area contributed by atoms with Crippen molar-refractivity contribution in [3.8, 4) is 0 Å². The Kier molecular flexibility index (Phi) is 4.43. The second-order valence-corrected chi connectivity index (χ2v) is 5.16. The second-order valence-electron chi connectivity index (χ2n) is 4.75. The number of nitrogens with one attached hydrogen (secondary N) is 2. The lowest BCUT2D eigenvalue weighted by atomic mass is 10.1. The molecule has 0 saturated carbocycles. The Morgan fingerprint density at radius 3 is 2.67 bits per heavy atom. The fourth-order valence-electron chi connectivity index (χ4n) is 2.04. The molecule has 21 heavy (non-hydrogen) atoms. The SMILES string of the molecule is Cc1cc(C)c(CNC(=O)c2ccc(F)cc2Cl)c(=O)[nH]1. The van der Waals surface area contributed by atoms with E-state index in [0.29, 0.717) is 5.56 Å². The molecule has 0 aliphatic rings. The molecular formula is C15H14ClFN2O2. The largest absolute Gasteiger partial charge is 0.348 e. The van der Waals surface area contributed by atoms with Crippen molar-refractivity contribution in [3.05, 3.63) is 67.8 Å². The Hall–Kier alpha value is -2.14. The van der Waals surface area contributed by atoms with Gasteiger partial charge in [0.25, 0.3) is 11.5 Å². The van der Waals surface area contributed by atoms with Gasteiger partial charge >= 0.3 is 0 Å². The molecule has 0 saturated heterocycles. The maximum atomic E-state index is 12.9. The van der Waals surface area contributed by atoms with E-state index < -0.39 is 11.7 Å². The Bertz CT molecular complexity index is 756. The van der Waals surface area contributed by atoms with E-state index in [1.807, 2.05) is 6.07 Å². The van der Waals surface area contributed by atoms with Crippen molar-refractivity contribution in [2.45, 2.75) is 20.4 Å². The summed E-state index contributed by atoms with van der Waals surface area (Å²) < 4.78 is 12.9. The first-order valence-corrected chi connectivity index (χ1v) is 6.69. The predicted octanol–water partition coefficient (Wildman–Crippen LogP) is 2.71. The van der Waals surface area contributed by atoms with E-state index in [-0.39, 0.29) is 22.7 Å². The van der Waals surface area contributed by atoms with E-state index in [4.69, 9.17) is 11.6 Å². The van der Waals surface area contributed by atoms with Crippen molar-refractivity contribution in [3.63, 3.8) is 0 Å². The average molecular weight is 309 g/mol. The van der Waals surface area contributed by atoms with Gasteiger partial charge < -0.3 is 10.3 Å². The van der Waals surface area contributed by atoms with E-state index in [1.165, 1.54) is 6.07 Å². The van der Waals surface area contributed by atoms with Gasteiger partial charge in [-0.3, -0.25) is 9.59 Å². The molecule has 1 aromatic heterocycles. The predicted molar refractivity (Wildman–Crippen MR) is 79.1 cm³/mol. The highest BCUT2D eigenvalue weighted by Gasteiger charge is 2.12. The van der Waals surface area contributed by atoms with Gasteiger partial charge in [0, 0.05) is 17.8 Å². The van der Waals surface area contributed by atoms with Gasteiger partial charge in [-0.15, -0.1) is 0 Å². The van der Waals surface area contributed by atoms with Crippen molar-refractivity contribution in [2.75, 3.05) is 0 Å². The van der Waals surface area contributed by atoms with Crippen molar-refractivity contribution in [1.29, 1.82) is 0 Å². The maximum absolute atomic E-state index is 12.9. The van der Waals surface area contributed by atoms with Gasteiger partial charge in [-0.05, 0) is 43.7 Å². The number of hydrogen-bond donors (Lipinski definition) is 2. The molecular weight excluding hydrogens is 295 g/mol. The molecule has 0 aliphatic heterocycles. The number of hydrogen-bond acceptors (Lipinski definition) is 2. The number of carbonyl (C=O) groups excluding carboxylic acids is 1. The molecule has 2 aromatic rings. The van der Waals surface area contributed by atoms with Crippen LogP contribution in [0.2, 0.25) is 5.02 Å². The molecule has 0 radical (unpaired) electrons. The van der Waals surface area contributed by atoms with Gasteiger partial charge in [0.15, 0.2) is 0 Å². The van der Waals surface area contributed by atoms with E-state index in [9.17, 15) is 14.0 Å². The summed E-state index contributed by atoms with van der Waals surface area (Å²) in [5, 5.41) is 2.64. The van der Waals surface area contributed by atoms with Gasteiger partial charge in [0.1, 0.15) is 5.82 Å². The number of rotatable bonds is 3. The lowest BCUT2D eigenvalue weighted by molar-refractivity contribution is 0.0951. The Morgan fingerprint density at radius 2 is 2.05 bits per heavy atom. The van der Waals surface area contributed by atoms with E-state index in [0.717, 1.165) is 23.4 Å². The minimum Gasteiger partial charge on any atom is -0.348 e. The molecule has 0 unspecified atom stereocenters. The van der Waals surface area contributed by atoms with Crippen molar-refractivity contribution < 1.29 is 9.18 Å². The third-order valence-corrected chi connectivity index (χ3v) is 3.41. The molecule has 0 fully saturated rings. The van der Waals surface area contributed by atoms with Crippen LogP contribution < -0.4 is 10.9 Å². The molecule has 1 heterocycles. The van der Waals surface area contributed by atoms with Crippen LogP contribution in [0.4, 0.5) is 4.39 Å². The third-order valence-electron chi connectivity index (χ3n) is 3.10. The van der Waals surface area contributed by atoms with Crippen molar-refractivity contribution in [1.82, 2.24) is 10.3 Å². The van der Waals surface area contributed by atoms with Crippen LogP contribution in [0.1, 0.15) is 27.2 Å². The minimum atomic E-state index is -0.512. The van der Waals surface area contributed by atoms with Crippen LogP contribution in [0.15, 0.2) is 29.1 Å². The first kappa shape index (κ1) is 15.3. The van der Waals surface area contributed by atoms with E-state index in [1.54, 1.807) is 13.8 Å². The van der Waals surface area contributed by atoms with Crippen molar-refractivity contribution >= 4 is 17.5 Å². The molecule has 0 spiro atoms. The van der Waals surface area contributed by atoms with Crippen LogP contribution in [0.5, 0.6) is 0 Å². The number of amides is 1. The number of aromatic nitrogens is 1. The molecule has 110 valence electrons. The van der Waals surface area contributed by atoms with Gasteiger partial charge in [-0.1, -0.05) is 11.6 Å². The zero-order valence-electron chi connectivity index (χ0n) is 11.6. The molecule has 4 nitrogen and oxygen atoms in total. The average Bonchev–Trinajstić information content (AvgIpc) is 2.36. The first-order chi connectivity index (χ1) is 9.88. The molecule has 0 aliphatic carbocycles. The topological polar surface area (TPSA) is 62.0 Å². The van der Waals surface area contributed by atoms with Gasteiger partial charge in [-0.25, -0.2) is 4.39 Å². The Morgan fingerprint density at radius 1 is 1.33 bits per heavy atom. The number of pyridine rings is 1. The second kappa shape index (κ2) is 6.10. The summed E-state index contributed by atoms with van der Waals surface area (Å²) in [7, 11) is 0. The monoisotopic (exact) mass is 308 g/mol. The zero-order valence-corrected chi connectivity index (χ0v) is 12.3. The Labute approximate surface area is 126 Å². The van der Waals surface area contributed by atoms with E-state index >= 15 is 0 Å². The fourth-order valence-corrected chi connectivity index (χ4v) is 2.29. The number of aryl methyl sites for hydroxylation is 2. The zero-order chi connectivity index (χ0) is 15.6. The molecule has 6 heteroatoms. The number of H-pyrrole nitrogens is 1. The summed E-state index contributed by atoms with van der Waals surface area (Å²) in [4.78, 5) is 26.5. The van der Waals surface area contributed by atoms with Crippen LogP contribution in [-0.2, 0) is 6.54 Å². The minimum absolute atomic E-state index is 0.0297. The fraction of sp³-hybridized carbons (Fsp3) is 0.200. The summed E-state index contributed by atoms with van der Waals surface area (Å²) >= 11 is 5.82. The molecule has 1 amide bonds. The van der Waals surface area contributed by atoms with Crippen LogP contribution in [0.3, 0.4) is 0 Å². The lowest BCUT2D eigenvalue weighted by Gasteiger charge is -2.09. The van der Waals surface area contributed by atoms with Crippen LogP contribution in [0, 0.1) is 19.7 Å². The first-order valence-electron chi connectivity index (χ1n) is 6.31. The summed E-state index contributed by atoms with van der Waals surface area (Å²) in [6, 6.07) is 5.36. The molecule has 1 aromatic carbocycles. The van der Waals surface area contributed by atoms with Gasteiger partial charge in [-0.2, -0.15) is 0 Å². The summed E-state index contributed by atoms with van der Waals surface area (Å²) in [5.41, 5.74) is 1.96. The summed E-state index contributed by atoms with van der Waals surface area (Å²) in [6.45, 7) is 3.66. The van der Waals surface area contributed by atoms with Crippen LogP contribution >= 0.6 is 11.6 Å². The normalized spacial score (nSPS) is 10.5. The van der Waals surface area contributed by atoms with Gasteiger partial charge in [0.05, 0.1) is 10.6 Å². The molecule has 0 bridgehead atoms. The third kappa shape index (κ3) is 3.49. The summed E-state index contributed by atoms with van der Waals surface area (Å²) in [6.07, 6.45) is 0. The van der Waals surface area contributed by atoms with Crippen LogP contribution in [-0.4, -0.2) is 10.9 Å². The maximum Gasteiger partial charge on any atom is 0.253 e. The highest BCUT2D eigenvalue weighted by Crippen LogP contribution is 2.17. The highest BCUT2D eigenvalue weighted by molar-refractivity contribution is 6.33. The summed E-state index contributed by atoms with van der Waals surface area (Å²) in [5.74, 6) is -0.971. The standard InChI is InChI=1S/C15H14ClFN2O2/c1-8-5-9(2)19-15(21)12(8)7-18-14(20)11-4-3-10(17)6-13(11)16/h3-6H,7H2,1-2H3,(H,18,20)(H,19,21). The molecule has 0 atom stereocenters. The number of halogens is 2. The molecule has 2 rings (SSSR count). The smallest absolute Gasteiger partial charge is 0.253 e. The van der Waals surface area contributed by atoms with Crippen LogP contribution in [0.25, 0.3) is 0 Å². The Balaban J connectivity index is 2.17. The molecule has 2 N–H and O–H groups in total. The van der Waals surface area contributed by atoms with Gasteiger partial charge in [0.2, 0.25) is 0 Å². The lowest BCUT2D eigenvalue weighted by Crippen LogP contribution is -2.28. The number of carbonyl (C=O) groups is 1. The van der Waals surface area contributed by atoms with Crippen molar-refractivity contribution in [2.24, 2.45) is 0 Å². The quantitative estimate of drug-likeness (QED) is 0.916. The van der Waals surface area contributed by atoms with E-state index in [2.05, 4.69) is 10.3 Å². The number of aromatic amines is 1.